The number of benzene rings is 1. The summed E-state index contributed by atoms with van der Waals surface area (Å²) in [7, 11) is 1.49. The zero-order valence-electron chi connectivity index (χ0n) is 17.6. The Morgan fingerprint density at radius 1 is 1.24 bits per heavy atom. The third-order valence-electron chi connectivity index (χ3n) is 5.22. The van der Waals surface area contributed by atoms with E-state index in [1.54, 1.807) is 29.2 Å². The number of ether oxygens (including phenoxy) is 2. The number of nitrogens with zero attached hydrogens (tertiary/aromatic N) is 5. The quantitative estimate of drug-likeness (QED) is 0.581. The maximum Gasteiger partial charge on any atom is 0.425 e. The summed E-state index contributed by atoms with van der Waals surface area (Å²) in [6.07, 6.45) is -3.53. The smallest absolute Gasteiger partial charge is 0.425 e. The van der Waals surface area contributed by atoms with Crippen LogP contribution in [0.2, 0.25) is 0 Å². The zero-order chi connectivity index (χ0) is 23.8. The molecule has 0 aliphatic carbocycles. The molecule has 0 bridgehead atoms. The molecule has 1 amide bonds. The summed E-state index contributed by atoms with van der Waals surface area (Å²) in [6.45, 7) is 1.24. The maximum absolute atomic E-state index is 13.3. The van der Waals surface area contributed by atoms with Crippen LogP contribution in [0.1, 0.15) is 34.1 Å². The van der Waals surface area contributed by atoms with Crippen molar-refractivity contribution < 1.29 is 27.4 Å². The van der Waals surface area contributed by atoms with E-state index in [-0.39, 0.29) is 30.0 Å². The van der Waals surface area contributed by atoms with Crippen LogP contribution in [0.5, 0.6) is 11.6 Å². The molecule has 1 aliphatic heterocycles. The molecule has 1 aromatic carbocycles. The van der Waals surface area contributed by atoms with Crippen molar-refractivity contribution >= 4 is 5.91 Å². The van der Waals surface area contributed by atoms with Crippen LogP contribution >= 0.6 is 0 Å². The molecule has 11 heteroatoms. The first-order chi connectivity index (χ1) is 15.7. The second-order valence-electron chi connectivity index (χ2n) is 7.37. The molecule has 33 heavy (non-hydrogen) atoms. The Bertz CT molecular complexity index is 1250. The molecule has 8 nitrogen and oxygen atoms in total. The van der Waals surface area contributed by atoms with E-state index >= 15 is 0 Å². The minimum Gasteiger partial charge on any atom is -0.481 e. The van der Waals surface area contributed by atoms with Crippen molar-refractivity contribution in [3.05, 3.63) is 65.1 Å². The van der Waals surface area contributed by atoms with Crippen LogP contribution in [-0.2, 0) is 13.1 Å². The van der Waals surface area contributed by atoms with Crippen LogP contribution in [0, 0.1) is 11.3 Å². The Morgan fingerprint density at radius 3 is 2.73 bits per heavy atom. The number of alkyl halides is 3. The summed E-state index contributed by atoms with van der Waals surface area (Å²) in [6, 6.07) is 9.09. The second kappa shape index (κ2) is 8.46. The first kappa shape index (κ1) is 22.1. The highest BCUT2D eigenvalue weighted by Crippen LogP contribution is 2.32. The average Bonchev–Trinajstić information content (AvgIpc) is 3.39. The third-order valence-corrected chi connectivity index (χ3v) is 5.22. The first-order valence-corrected chi connectivity index (χ1v) is 9.84. The van der Waals surface area contributed by atoms with E-state index in [0.29, 0.717) is 11.6 Å². The number of hydrogen-bond donors (Lipinski definition) is 0. The Hall–Kier alpha value is -4.07. The molecule has 0 saturated heterocycles. The van der Waals surface area contributed by atoms with Crippen LogP contribution in [0.15, 0.2) is 42.7 Å². The number of pyridine rings is 1. The minimum atomic E-state index is -4.60. The molecule has 170 valence electrons. The SMILES string of the molecule is COc1cc(-n2ncc3c2CN(C(=O)c2cc(C#N)ccc2OC(C)C(F)(F)F)C3)ccn1. The monoisotopic (exact) mass is 457 g/mol. The van der Waals surface area contributed by atoms with Gasteiger partial charge in [0.1, 0.15) is 5.75 Å². The van der Waals surface area contributed by atoms with Gasteiger partial charge in [-0.2, -0.15) is 23.5 Å². The van der Waals surface area contributed by atoms with E-state index in [9.17, 15) is 23.2 Å². The van der Waals surface area contributed by atoms with Crippen LogP contribution in [0.25, 0.3) is 5.69 Å². The number of fused-ring (bicyclic) bond motifs is 1. The summed E-state index contributed by atoms with van der Waals surface area (Å²) < 4.78 is 50.9. The van der Waals surface area contributed by atoms with Crippen molar-refractivity contribution in [1.29, 1.82) is 5.26 Å². The van der Waals surface area contributed by atoms with Crippen molar-refractivity contribution in [2.24, 2.45) is 0 Å². The highest BCUT2D eigenvalue weighted by Gasteiger charge is 2.39. The Balaban J connectivity index is 1.62. The fraction of sp³-hybridized carbons (Fsp3) is 0.273. The second-order valence-corrected chi connectivity index (χ2v) is 7.37. The van der Waals surface area contributed by atoms with E-state index in [1.165, 1.54) is 30.2 Å². The Labute approximate surface area is 186 Å². The summed E-state index contributed by atoms with van der Waals surface area (Å²) in [5.41, 5.74) is 2.25. The Kier molecular flexibility index (Phi) is 5.68. The van der Waals surface area contributed by atoms with Gasteiger partial charge < -0.3 is 14.4 Å². The number of hydrogen-bond acceptors (Lipinski definition) is 6. The fourth-order valence-electron chi connectivity index (χ4n) is 3.46. The first-order valence-electron chi connectivity index (χ1n) is 9.84. The summed E-state index contributed by atoms with van der Waals surface area (Å²) >= 11 is 0. The standard InChI is InChI=1S/C22H18F3N5O3/c1-13(22(23,24)25)33-19-4-3-14(9-26)7-17(19)21(31)29-11-15-10-28-30(18(15)12-29)16-5-6-27-20(8-16)32-2/h3-8,10,13H,11-12H2,1-2H3. The summed E-state index contributed by atoms with van der Waals surface area (Å²) in [5.74, 6) is -0.386. The van der Waals surface area contributed by atoms with Gasteiger partial charge in [0.05, 0.1) is 48.4 Å². The maximum atomic E-state index is 13.3. The number of aromatic nitrogens is 3. The molecule has 3 heterocycles. The van der Waals surface area contributed by atoms with Gasteiger partial charge in [-0.05, 0) is 31.2 Å². The Morgan fingerprint density at radius 2 is 2.03 bits per heavy atom. The zero-order valence-corrected chi connectivity index (χ0v) is 17.6. The van der Waals surface area contributed by atoms with Crippen molar-refractivity contribution in [3.8, 4) is 23.4 Å². The highest BCUT2D eigenvalue weighted by atomic mass is 19.4. The molecule has 1 aliphatic rings. The number of carbonyl (C=O) groups excluding carboxylic acids is 1. The molecule has 0 saturated carbocycles. The van der Waals surface area contributed by atoms with Gasteiger partial charge in [0, 0.05) is 24.4 Å². The van der Waals surface area contributed by atoms with Gasteiger partial charge in [0.2, 0.25) is 5.88 Å². The molecule has 1 unspecified atom stereocenters. The fourth-order valence-corrected chi connectivity index (χ4v) is 3.46. The number of methoxy groups -OCH3 is 1. The molecular formula is C22H18F3N5O3. The van der Waals surface area contributed by atoms with E-state index in [1.807, 2.05) is 6.07 Å². The van der Waals surface area contributed by atoms with Gasteiger partial charge in [0.25, 0.3) is 5.91 Å². The predicted molar refractivity (Wildman–Crippen MR) is 109 cm³/mol. The number of nitriles is 1. The van der Waals surface area contributed by atoms with E-state index < -0.39 is 18.2 Å². The highest BCUT2D eigenvalue weighted by molar-refractivity contribution is 5.97. The lowest BCUT2D eigenvalue weighted by atomic mass is 10.1. The van der Waals surface area contributed by atoms with Gasteiger partial charge in [-0.15, -0.1) is 0 Å². The van der Waals surface area contributed by atoms with Crippen molar-refractivity contribution in [1.82, 2.24) is 19.7 Å². The van der Waals surface area contributed by atoms with Crippen molar-refractivity contribution in [2.45, 2.75) is 32.3 Å². The molecule has 4 rings (SSSR count). The third kappa shape index (κ3) is 4.32. The molecule has 3 aromatic rings. The molecule has 0 fully saturated rings. The van der Waals surface area contributed by atoms with E-state index in [4.69, 9.17) is 9.47 Å². The molecular weight excluding hydrogens is 439 g/mol. The minimum absolute atomic E-state index is 0.111. The lowest BCUT2D eigenvalue weighted by Crippen LogP contribution is -2.32. The lowest BCUT2D eigenvalue weighted by Gasteiger charge is -2.22. The molecule has 0 N–H and O–H groups in total. The van der Waals surface area contributed by atoms with Gasteiger partial charge >= 0.3 is 6.18 Å². The average molecular weight is 457 g/mol. The van der Waals surface area contributed by atoms with Crippen LogP contribution in [0.3, 0.4) is 0 Å². The molecule has 1 atom stereocenters. The van der Waals surface area contributed by atoms with Gasteiger partial charge in [0.15, 0.2) is 6.10 Å². The summed E-state index contributed by atoms with van der Waals surface area (Å²) in [5, 5.41) is 13.6. The van der Waals surface area contributed by atoms with Crippen LogP contribution in [0.4, 0.5) is 13.2 Å². The molecule has 0 radical (unpaired) electrons. The molecule has 0 spiro atoms. The van der Waals surface area contributed by atoms with Gasteiger partial charge in [-0.3, -0.25) is 4.79 Å². The van der Waals surface area contributed by atoms with Gasteiger partial charge in [-0.25, -0.2) is 9.67 Å². The number of rotatable bonds is 5. The predicted octanol–water partition coefficient (Wildman–Crippen LogP) is 3.63. The van der Waals surface area contributed by atoms with E-state index in [2.05, 4.69) is 10.1 Å². The van der Waals surface area contributed by atoms with E-state index in [0.717, 1.165) is 18.2 Å². The number of halogens is 3. The topological polar surface area (TPSA) is 93.3 Å². The normalized spacial score (nSPS) is 13.9. The van der Waals surface area contributed by atoms with Crippen LogP contribution < -0.4 is 9.47 Å². The number of carbonyl (C=O) groups is 1. The molecule has 2 aromatic heterocycles. The van der Waals surface area contributed by atoms with Gasteiger partial charge in [-0.1, -0.05) is 0 Å². The van der Waals surface area contributed by atoms with Crippen molar-refractivity contribution in [3.63, 3.8) is 0 Å². The number of amides is 1. The van der Waals surface area contributed by atoms with Crippen molar-refractivity contribution in [2.75, 3.05) is 7.11 Å². The summed E-state index contributed by atoms with van der Waals surface area (Å²) in [4.78, 5) is 18.8. The largest absolute Gasteiger partial charge is 0.481 e. The van der Waals surface area contributed by atoms with Crippen LogP contribution in [-0.4, -0.2) is 45.0 Å². The lowest BCUT2D eigenvalue weighted by molar-refractivity contribution is -0.189.